The number of hydrogen-bond acceptors (Lipinski definition) is 4. The first kappa shape index (κ1) is 26.0. The molecule has 0 fully saturated rings. The Labute approximate surface area is 278 Å². The average molecular weight is 614 g/mol. The van der Waals surface area contributed by atoms with Crippen molar-refractivity contribution in [2.24, 2.45) is 0 Å². The summed E-state index contributed by atoms with van der Waals surface area (Å²) in [5.41, 5.74) is 10.9. The Bertz CT molecular complexity index is 2190. The van der Waals surface area contributed by atoms with Crippen molar-refractivity contribution in [3.05, 3.63) is 146 Å². The molecule has 6 heteroatoms. The minimum atomic E-state index is 0.0379. The molecule has 4 aliphatic heterocycles. The molecule has 0 aliphatic carbocycles. The average Bonchev–Trinajstić information content (AvgIpc) is 3.14. The maximum absolute atomic E-state index is 6.62. The predicted molar refractivity (Wildman–Crippen MR) is 193 cm³/mol. The highest BCUT2D eigenvalue weighted by atomic mass is 16.5. The van der Waals surface area contributed by atoms with Crippen molar-refractivity contribution in [2.75, 3.05) is 0 Å². The number of para-hydroxylation sites is 4. The molecule has 48 heavy (non-hydrogen) atoms. The first-order valence-corrected chi connectivity index (χ1v) is 16.3. The van der Waals surface area contributed by atoms with Gasteiger partial charge in [0.2, 0.25) is 0 Å². The van der Waals surface area contributed by atoms with Crippen molar-refractivity contribution in [1.29, 1.82) is 0 Å². The van der Waals surface area contributed by atoms with E-state index in [0.717, 1.165) is 101 Å². The summed E-state index contributed by atoms with van der Waals surface area (Å²) in [5.74, 6) is 6.78. The largest absolute Gasteiger partial charge is 0.458 e. The molecule has 0 bridgehead atoms. The van der Waals surface area contributed by atoms with Gasteiger partial charge < -0.3 is 18.9 Å². The number of rotatable bonds is 2. The van der Waals surface area contributed by atoms with Crippen molar-refractivity contribution < 1.29 is 18.9 Å². The Balaban J connectivity index is 1.09. The van der Waals surface area contributed by atoms with Crippen LogP contribution in [0.4, 0.5) is 0 Å². The van der Waals surface area contributed by atoms with Gasteiger partial charge in [0.15, 0.2) is 0 Å². The second kappa shape index (κ2) is 9.69. The first-order valence-electron chi connectivity index (χ1n) is 16.3. The molecule has 0 saturated heterocycles. The maximum Gasteiger partial charge on any atom is 0.260 e. The molecular weight excluding hydrogens is 590 g/mol. The van der Waals surface area contributed by atoms with E-state index in [2.05, 4.69) is 121 Å². The summed E-state index contributed by atoms with van der Waals surface area (Å²) in [6.07, 6.45) is 0. The van der Waals surface area contributed by atoms with Gasteiger partial charge in [0, 0.05) is 10.9 Å². The lowest BCUT2D eigenvalue weighted by Gasteiger charge is -2.33. The Morgan fingerprint density at radius 3 is 0.875 bits per heavy atom. The van der Waals surface area contributed by atoms with Crippen LogP contribution in [0.2, 0.25) is 0 Å². The number of benzene rings is 7. The van der Waals surface area contributed by atoms with Crippen LogP contribution in [-0.4, -0.2) is 13.4 Å². The predicted octanol–water partition coefficient (Wildman–Crippen LogP) is 6.48. The van der Waals surface area contributed by atoms with Crippen LogP contribution >= 0.6 is 0 Å². The minimum absolute atomic E-state index is 0.0379. The van der Waals surface area contributed by atoms with E-state index in [1.54, 1.807) is 0 Å². The third kappa shape index (κ3) is 3.63. The molecule has 7 aromatic rings. The lowest BCUT2D eigenvalue weighted by molar-refractivity contribution is 0.464. The molecule has 222 valence electrons. The van der Waals surface area contributed by atoms with Gasteiger partial charge in [0.05, 0.1) is 0 Å². The van der Waals surface area contributed by atoms with Gasteiger partial charge >= 0.3 is 0 Å². The van der Waals surface area contributed by atoms with E-state index in [1.165, 1.54) is 0 Å². The van der Waals surface area contributed by atoms with Gasteiger partial charge in [-0.1, -0.05) is 97.1 Å². The lowest BCUT2D eigenvalue weighted by atomic mass is 9.35. The molecule has 0 amide bonds. The first-order chi connectivity index (χ1) is 23.8. The summed E-state index contributed by atoms with van der Waals surface area (Å²) in [6.45, 7) is 0.0758. The van der Waals surface area contributed by atoms with E-state index in [1.807, 2.05) is 24.3 Å². The molecule has 0 saturated carbocycles. The topological polar surface area (TPSA) is 36.9 Å². The summed E-state index contributed by atoms with van der Waals surface area (Å²) in [7, 11) is 0. The van der Waals surface area contributed by atoms with Crippen LogP contribution in [0.5, 0.6) is 46.0 Å². The van der Waals surface area contributed by atoms with Crippen molar-refractivity contribution in [2.45, 2.75) is 0 Å². The van der Waals surface area contributed by atoms with Gasteiger partial charge in [-0.3, -0.25) is 0 Å². The number of fused-ring (bicyclic) bond motifs is 8. The van der Waals surface area contributed by atoms with Crippen molar-refractivity contribution in [1.82, 2.24) is 0 Å². The van der Waals surface area contributed by atoms with Gasteiger partial charge in [-0.15, -0.1) is 0 Å². The van der Waals surface area contributed by atoms with Crippen LogP contribution in [0.25, 0.3) is 22.3 Å². The monoisotopic (exact) mass is 614 g/mol. The third-order valence-electron chi connectivity index (χ3n) is 10.1. The van der Waals surface area contributed by atoms with E-state index in [0.29, 0.717) is 0 Å². The fourth-order valence-corrected chi connectivity index (χ4v) is 8.09. The zero-order valence-electron chi connectivity index (χ0n) is 25.6. The standard InChI is InChI=1S/C42H24B2O4/c1-2-12-28(26-23-39-42-40(24-26)48-36-20-10-6-16-32(36)44(42)31-15-5-9-19-35(31)47-39)27(11-1)25-21-37-41-38(22-25)46-34-18-8-4-14-30(34)43(41)29-13-3-7-17-33(29)45-37/h1-24H. The Hall–Kier alpha value is -6.13. The van der Waals surface area contributed by atoms with Crippen LogP contribution in [0.15, 0.2) is 146 Å². The second-order valence-electron chi connectivity index (χ2n) is 12.7. The molecule has 0 atom stereocenters. The van der Waals surface area contributed by atoms with Crippen molar-refractivity contribution >= 4 is 46.2 Å². The fraction of sp³-hybridized carbons (Fsp3) is 0. The summed E-state index contributed by atoms with van der Waals surface area (Å²) >= 11 is 0. The molecular formula is C42H24B2O4. The van der Waals surface area contributed by atoms with Gasteiger partial charge in [0.1, 0.15) is 46.0 Å². The lowest BCUT2D eigenvalue weighted by Crippen LogP contribution is -2.57. The highest BCUT2D eigenvalue weighted by Gasteiger charge is 2.42. The van der Waals surface area contributed by atoms with E-state index in [4.69, 9.17) is 18.9 Å². The highest BCUT2D eigenvalue weighted by Crippen LogP contribution is 2.43. The molecule has 0 spiro atoms. The molecule has 4 aliphatic rings. The summed E-state index contributed by atoms with van der Waals surface area (Å²) < 4.78 is 26.5. The Kier molecular flexibility index (Phi) is 5.25. The molecule has 0 N–H and O–H groups in total. The molecule has 0 radical (unpaired) electrons. The zero-order chi connectivity index (χ0) is 31.3. The maximum atomic E-state index is 6.62. The van der Waals surface area contributed by atoms with Crippen molar-refractivity contribution in [3.63, 3.8) is 0 Å². The smallest absolute Gasteiger partial charge is 0.260 e. The van der Waals surface area contributed by atoms with Gasteiger partial charge in [0.25, 0.3) is 13.4 Å². The molecule has 0 unspecified atom stereocenters. The molecule has 0 aromatic heterocycles. The molecule has 11 rings (SSSR count). The second-order valence-corrected chi connectivity index (χ2v) is 12.7. The van der Waals surface area contributed by atoms with E-state index < -0.39 is 0 Å². The summed E-state index contributed by atoms with van der Waals surface area (Å²) in [5, 5.41) is 0. The molecule has 4 heterocycles. The number of ether oxygens (including phenoxy) is 4. The molecule has 7 aromatic carbocycles. The fourth-order valence-electron chi connectivity index (χ4n) is 8.09. The van der Waals surface area contributed by atoms with Crippen LogP contribution < -0.4 is 51.7 Å². The van der Waals surface area contributed by atoms with Crippen molar-refractivity contribution in [3.8, 4) is 68.2 Å². The van der Waals surface area contributed by atoms with Gasteiger partial charge in [-0.2, -0.15) is 0 Å². The van der Waals surface area contributed by atoms with Gasteiger partial charge in [-0.25, -0.2) is 0 Å². The SMILES string of the molecule is c1ccc2c(c1)Oc1cc(-c3ccccc3-c3cc4c5c(c3)Oc3ccccc3B5c3ccccc3O4)cc3c1B2c1ccccc1O3. The van der Waals surface area contributed by atoms with Crippen LogP contribution in [-0.2, 0) is 0 Å². The van der Waals surface area contributed by atoms with Crippen LogP contribution in [0.3, 0.4) is 0 Å². The minimum Gasteiger partial charge on any atom is -0.458 e. The normalized spacial score (nSPS) is 13.6. The molecule has 4 nitrogen and oxygen atoms in total. The number of hydrogen-bond donors (Lipinski definition) is 0. The van der Waals surface area contributed by atoms with Crippen LogP contribution in [0, 0.1) is 0 Å². The third-order valence-corrected chi connectivity index (χ3v) is 10.1. The summed E-state index contributed by atoms with van der Waals surface area (Å²) in [4.78, 5) is 0. The van der Waals surface area contributed by atoms with E-state index in [9.17, 15) is 0 Å². The zero-order valence-corrected chi connectivity index (χ0v) is 25.6. The Morgan fingerprint density at radius 2 is 0.562 bits per heavy atom. The van der Waals surface area contributed by atoms with Crippen LogP contribution in [0.1, 0.15) is 0 Å². The van der Waals surface area contributed by atoms with Gasteiger partial charge in [-0.05, 0) is 92.6 Å². The quantitative estimate of drug-likeness (QED) is 0.209. The Morgan fingerprint density at radius 1 is 0.292 bits per heavy atom. The highest BCUT2D eigenvalue weighted by molar-refractivity contribution is 6.99. The van der Waals surface area contributed by atoms with E-state index >= 15 is 0 Å². The van der Waals surface area contributed by atoms with E-state index in [-0.39, 0.29) is 13.4 Å². The summed E-state index contributed by atoms with van der Waals surface area (Å²) in [6, 6.07) is 50.4.